The first-order valence-electron chi connectivity index (χ1n) is 11.7. The molecule has 2 aromatic carbocycles. The van der Waals surface area contributed by atoms with Crippen molar-refractivity contribution in [3.05, 3.63) is 83.6 Å². The van der Waals surface area contributed by atoms with Crippen molar-refractivity contribution in [2.45, 2.75) is 25.1 Å². The minimum absolute atomic E-state index is 0.135. The van der Waals surface area contributed by atoms with E-state index in [0.717, 1.165) is 17.2 Å². The highest BCUT2D eigenvalue weighted by Gasteiger charge is 2.37. The van der Waals surface area contributed by atoms with Crippen molar-refractivity contribution in [2.75, 3.05) is 32.2 Å². The van der Waals surface area contributed by atoms with Crippen LogP contribution >= 0.6 is 0 Å². The first-order chi connectivity index (χ1) is 17.3. The summed E-state index contributed by atoms with van der Waals surface area (Å²) >= 11 is 0. The van der Waals surface area contributed by atoms with E-state index in [1.165, 1.54) is 12.3 Å². The third kappa shape index (κ3) is 5.72. The molecule has 0 saturated carbocycles. The van der Waals surface area contributed by atoms with E-state index in [0.29, 0.717) is 30.9 Å². The predicted octanol–water partition coefficient (Wildman–Crippen LogP) is 5.24. The van der Waals surface area contributed by atoms with Crippen LogP contribution in [-0.4, -0.2) is 38.2 Å². The highest BCUT2D eigenvalue weighted by molar-refractivity contribution is 5.80. The maximum absolute atomic E-state index is 13.6. The summed E-state index contributed by atoms with van der Waals surface area (Å²) in [7, 11) is 3.16. The predicted molar refractivity (Wildman–Crippen MR) is 130 cm³/mol. The summed E-state index contributed by atoms with van der Waals surface area (Å²) in [5.74, 6) is 0.542. The van der Waals surface area contributed by atoms with Gasteiger partial charge in [-0.05, 0) is 60.4 Å². The molecule has 4 rings (SSSR count). The Kier molecular flexibility index (Phi) is 7.67. The van der Waals surface area contributed by atoms with Crippen molar-refractivity contribution in [1.82, 2.24) is 10.3 Å². The smallest absolute Gasteiger partial charge is 0.419 e. The minimum Gasteiger partial charge on any atom is -0.497 e. The van der Waals surface area contributed by atoms with Crippen molar-refractivity contribution in [3.63, 3.8) is 0 Å². The van der Waals surface area contributed by atoms with Gasteiger partial charge in [0.05, 0.1) is 31.7 Å². The van der Waals surface area contributed by atoms with E-state index >= 15 is 0 Å². The van der Waals surface area contributed by atoms with Gasteiger partial charge in [-0.2, -0.15) is 13.2 Å². The number of carbonyl (C=O) groups excluding carboxylic acids is 1. The maximum Gasteiger partial charge on any atom is 0.419 e. The van der Waals surface area contributed by atoms with Gasteiger partial charge >= 0.3 is 6.18 Å². The topological polar surface area (TPSA) is 63.7 Å². The van der Waals surface area contributed by atoms with Crippen LogP contribution in [0.25, 0.3) is 0 Å². The van der Waals surface area contributed by atoms with Gasteiger partial charge < -0.3 is 19.7 Å². The van der Waals surface area contributed by atoms with Gasteiger partial charge in [0.25, 0.3) is 0 Å². The number of piperidine rings is 1. The van der Waals surface area contributed by atoms with Crippen LogP contribution in [0.3, 0.4) is 0 Å². The Hall–Kier alpha value is -3.75. The van der Waals surface area contributed by atoms with E-state index in [2.05, 4.69) is 10.3 Å². The Morgan fingerprint density at radius 3 is 2.11 bits per heavy atom. The summed E-state index contributed by atoms with van der Waals surface area (Å²) in [6, 6.07) is 16.6. The van der Waals surface area contributed by atoms with Gasteiger partial charge in [-0.25, -0.2) is 4.98 Å². The summed E-state index contributed by atoms with van der Waals surface area (Å²) in [5, 5.41) is 3.12. The van der Waals surface area contributed by atoms with Crippen LogP contribution in [0, 0.1) is 5.92 Å². The molecule has 0 bridgehead atoms. The normalized spacial score (nSPS) is 16.1. The van der Waals surface area contributed by atoms with Gasteiger partial charge in [0.2, 0.25) is 5.91 Å². The number of ether oxygens (including phenoxy) is 2. The molecule has 36 heavy (non-hydrogen) atoms. The molecule has 0 radical (unpaired) electrons. The van der Waals surface area contributed by atoms with Crippen LogP contribution in [-0.2, 0) is 11.0 Å². The number of halogens is 3. The number of nitrogens with zero attached hydrogens (tertiary/aromatic N) is 2. The molecule has 1 amide bonds. The van der Waals surface area contributed by atoms with Crippen LogP contribution in [0.1, 0.15) is 35.6 Å². The molecule has 9 heteroatoms. The number of benzene rings is 2. The van der Waals surface area contributed by atoms with E-state index in [-0.39, 0.29) is 18.3 Å². The second kappa shape index (κ2) is 10.9. The number of carbonyl (C=O) groups is 1. The van der Waals surface area contributed by atoms with Gasteiger partial charge in [-0.3, -0.25) is 4.79 Å². The second-order valence-corrected chi connectivity index (χ2v) is 8.65. The zero-order valence-electron chi connectivity index (χ0n) is 20.1. The average molecular weight is 500 g/mol. The molecule has 1 aliphatic heterocycles. The fourth-order valence-corrected chi connectivity index (χ4v) is 4.47. The Bertz CT molecular complexity index is 1120. The van der Waals surface area contributed by atoms with E-state index < -0.39 is 23.7 Å². The zero-order chi connectivity index (χ0) is 25.7. The lowest BCUT2D eigenvalue weighted by molar-refractivity contribution is -0.137. The Morgan fingerprint density at radius 1 is 1.00 bits per heavy atom. The molecule has 0 aliphatic carbocycles. The summed E-state index contributed by atoms with van der Waals surface area (Å²) < 4.78 is 51.2. The molecule has 1 atom stereocenters. The van der Waals surface area contributed by atoms with Crippen LogP contribution in [0.15, 0.2) is 66.9 Å². The van der Waals surface area contributed by atoms with Crippen molar-refractivity contribution in [2.24, 2.45) is 5.92 Å². The lowest BCUT2D eigenvalue weighted by Gasteiger charge is -2.35. The fraction of sp³-hybridized carbons (Fsp3) is 0.333. The van der Waals surface area contributed by atoms with Crippen LogP contribution in [0.4, 0.5) is 19.0 Å². The van der Waals surface area contributed by atoms with Crippen molar-refractivity contribution < 1.29 is 27.4 Å². The average Bonchev–Trinajstić information content (AvgIpc) is 2.91. The highest BCUT2D eigenvalue weighted by Crippen LogP contribution is 2.36. The number of alkyl halides is 3. The van der Waals surface area contributed by atoms with E-state index in [1.54, 1.807) is 19.1 Å². The third-order valence-corrected chi connectivity index (χ3v) is 6.37. The number of pyridine rings is 1. The van der Waals surface area contributed by atoms with Gasteiger partial charge in [-0.1, -0.05) is 24.3 Å². The molecule has 1 saturated heterocycles. The molecule has 1 unspecified atom stereocenters. The van der Waals surface area contributed by atoms with Crippen molar-refractivity contribution >= 4 is 11.7 Å². The third-order valence-electron chi connectivity index (χ3n) is 6.37. The monoisotopic (exact) mass is 499 g/mol. The summed E-state index contributed by atoms with van der Waals surface area (Å²) in [4.78, 5) is 19.0. The first kappa shape index (κ1) is 25.3. The Labute approximate surface area is 208 Å². The molecule has 190 valence electrons. The molecule has 3 aromatic rings. The summed E-state index contributed by atoms with van der Waals surface area (Å²) in [6.45, 7) is 0.564. The molecule has 1 aromatic heterocycles. The van der Waals surface area contributed by atoms with Crippen LogP contribution in [0.5, 0.6) is 11.5 Å². The molecule has 2 heterocycles. The number of hydrogen-bond donors (Lipinski definition) is 1. The van der Waals surface area contributed by atoms with Gasteiger partial charge in [-0.15, -0.1) is 0 Å². The standard InChI is InChI=1S/C27H28F3N3O3/c1-35-21-11-7-18(8-12-21)24(19-9-13-22(36-2)14-10-19)32-26(34)20-5-4-16-33(17-20)25-23(27(28,29)30)6-3-15-31-25/h3,6-15,20,24H,4-5,16-17H2,1-2H3,(H,32,34). The molecule has 6 nitrogen and oxygen atoms in total. The molecule has 1 aliphatic rings. The fourth-order valence-electron chi connectivity index (χ4n) is 4.47. The number of rotatable bonds is 7. The van der Waals surface area contributed by atoms with Gasteiger partial charge in [0.1, 0.15) is 17.3 Å². The molecular formula is C27H28F3N3O3. The molecule has 1 fully saturated rings. The van der Waals surface area contributed by atoms with E-state index in [1.807, 2.05) is 48.5 Å². The molecule has 0 spiro atoms. The maximum atomic E-state index is 13.6. The number of amides is 1. The summed E-state index contributed by atoms with van der Waals surface area (Å²) in [6.07, 6.45) is -2.01. The van der Waals surface area contributed by atoms with Crippen LogP contribution < -0.4 is 19.7 Å². The summed E-state index contributed by atoms with van der Waals surface area (Å²) in [5.41, 5.74) is 0.914. The van der Waals surface area contributed by atoms with E-state index in [9.17, 15) is 18.0 Å². The largest absolute Gasteiger partial charge is 0.497 e. The first-order valence-corrected chi connectivity index (χ1v) is 11.7. The minimum atomic E-state index is -4.52. The Morgan fingerprint density at radius 2 is 1.58 bits per heavy atom. The van der Waals surface area contributed by atoms with Crippen molar-refractivity contribution in [3.8, 4) is 11.5 Å². The second-order valence-electron chi connectivity index (χ2n) is 8.65. The lowest BCUT2D eigenvalue weighted by Crippen LogP contribution is -2.45. The number of anilines is 1. The highest BCUT2D eigenvalue weighted by atomic mass is 19.4. The SMILES string of the molecule is COc1ccc(C(NC(=O)C2CCCN(c3ncccc3C(F)(F)F)C2)c2ccc(OC)cc2)cc1. The van der Waals surface area contributed by atoms with Gasteiger partial charge in [0.15, 0.2) is 0 Å². The lowest BCUT2D eigenvalue weighted by atomic mass is 9.94. The zero-order valence-corrected chi connectivity index (χ0v) is 20.1. The van der Waals surface area contributed by atoms with E-state index in [4.69, 9.17) is 9.47 Å². The van der Waals surface area contributed by atoms with Crippen LogP contribution in [0.2, 0.25) is 0 Å². The van der Waals surface area contributed by atoms with Crippen molar-refractivity contribution in [1.29, 1.82) is 0 Å². The number of aromatic nitrogens is 1. The quantitative estimate of drug-likeness (QED) is 0.482. The Balaban J connectivity index is 1.57. The van der Waals surface area contributed by atoms with Gasteiger partial charge in [0, 0.05) is 19.3 Å². The number of nitrogens with one attached hydrogen (secondary N) is 1. The molecular weight excluding hydrogens is 471 g/mol. The number of hydrogen-bond acceptors (Lipinski definition) is 5. The molecule has 1 N–H and O–H groups in total. The number of methoxy groups -OCH3 is 2.